The summed E-state index contributed by atoms with van der Waals surface area (Å²) in [6.45, 7) is 2.07. The van der Waals surface area contributed by atoms with Crippen LogP contribution in [0.1, 0.15) is 12.0 Å². The van der Waals surface area contributed by atoms with E-state index in [9.17, 15) is 4.79 Å². The topological polar surface area (TPSA) is 50.4 Å². The maximum absolute atomic E-state index is 11.6. The molecule has 1 aliphatic heterocycles. The Labute approximate surface area is 94.9 Å². The van der Waals surface area contributed by atoms with Gasteiger partial charge in [-0.05, 0) is 18.5 Å². The van der Waals surface area contributed by atoms with E-state index in [2.05, 4.69) is 10.8 Å². The number of carbonyl (C=O) groups excluding carboxylic acids is 1. The Kier molecular flexibility index (Phi) is 3.91. The summed E-state index contributed by atoms with van der Waals surface area (Å²) in [6.07, 6.45) is 0.889. The third kappa shape index (κ3) is 3.05. The molecular formula is C12H16N2O2. The molecule has 0 aliphatic carbocycles. The molecule has 1 saturated heterocycles. The number of hydroxylamine groups is 1. The molecule has 2 N–H and O–H groups in total. The number of amides is 1. The molecule has 0 spiro atoms. The number of hydrogen-bond donors (Lipinski definition) is 2. The molecule has 4 heteroatoms. The van der Waals surface area contributed by atoms with Gasteiger partial charge in [-0.25, -0.2) is 5.48 Å². The summed E-state index contributed by atoms with van der Waals surface area (Å²) in [6, 6.07) is 9.77. The predicted octanol–water partition coefficient (Wildman–Crippen LogP) is 0.844. The average Bonchev–Trinajstić information content (AvgIpc) is 2.84. The zero-order chi connectivity index (χ0) is 11.2. The Balaban J connectivity index is 1.70. The molecule has 1 atom stereocenters. The van der Waals surface area contributed by atoms with Crippen LogP contribution in [0.2, 0.25) is 0 Å². The third-order valence-corrected chi connectivity index (χ3v) is 2.69. The zero-order valence-corrected chi connectivity index (χ0v) is 9.11. The van der Waals surface area contributed by atoms with Crippen LogP contribution in [-0.4, -0.2) is 19.0 Å². The second kappa shape index (κ2) is 5.63. The second-order valence-corrected chi connectivity index (χ2v) is 3.93. The smallest absolute Gasteiger partial charge is 0.247 e. The number of benzene rings is 1. The van der Waals surface area contributed by atoms with Crippen molar-refractivity contribution >= 4 is 5.91 Å². The van der Waals surface area contributed by atoms with E-state index < -0.39 is 0 Å². The van der Waals surface area contributed by atoms with Crippen LogP contribution >= 0.6 is 0 Å². The quantitative estimate of drug-likeness (QED) is 0.739. The molecule has 1 heterocycles. The lowest BCUT2D eigenvalue weighted by atomic mass is 10.1. The van der Waals surface area contributed by atoms with Crippen molar-refractivity contribution in [3.8, 4) is 0 Å². The van der Waals surface area contributed by atoms with Crippen LogP contribution in [0.4, 0.5) is 0 Å². The van der Waals surface area contributed by atoms with E-state index in [1.807, 2.05) is 30.3 Å². The van der Waals surface area contributed by atoms with Crippen LogP contribution in [0, 0.1) is 5.92 Å². The first kappa shape index (κ1) is 11.1. The molecule has 1 aromatic carbocycles. The standard InChI is InChI=1S/C12H16N2O2/c15-12(11-6-7-13-8-11)14-16-9-10-4-2-1-3-5-10/h1-5,11,13H,6-9H2,(H,14,15). The maximum atomic E-state index is 11.6. The average molecular weight is 220 g/mol. The van der Waals surface area contributed by atoms with Gasteiger partial charge in [0.15, 0.2) is 0 Å². The summed E-state index contributed by atoms with van der Waals surface area (Å²) in [5, 5.41) is 3.14. The summed E-state index contributed by atoms with van der Waals surface area (Å²) in [5.74, 6) is 0.0247. The number of nitrogens with one attached hydrogen (secondary N) is 2. The van der Waals surface area contributed by atoms with E-state index in [4.69, 9.17) is 4.84 Å². The van der Waals surface area contributed by atoms with Gasteiger partial charge < -0.3 is 5.32 Å². The Morgan fingerprint density at radius 3 is 2.94 bits per heavy atom. The van der Waals surface area contributed by atoms with E-state index in [-0.39, 0.29) is 11.8 Å². The van der Waals surface area contributed by atoms with Crippen molar-refractivity contribution in [3.63, 3.8) is 0 Å². The fourth-order valence-electron chi connectivity index (χ4n) is 1.73. The number of hydrogen-bond acceptors (Lipinski definition) is 3. The Morgan fingerprint density at radius 2 is 2.25 bits per heavy atom. The first-order valence-electron chi connectivity index (χ1n) is 5.52. The molecule has 1 unspecified atom stereocenters. The van der Waals surface area contributed by atoms with Crippen LogP contribution in [-0.2, 0) is 16.2 Å². The van der Waals surface area contributed by atoms with Crippen molar-refractivity contribution in [1.82, 2.24) is 10.8 Å². The van der Waals surface area contributed by atoms with Crippen molar-refractivity contribution in [1.29, 1.82) is 0 Å². The van der Waals surface area contributed by atoms with Crippen molar-refractivity contribution in [3.05, 3.63) is 35.9 Å². The van der Waals surface area contributed by atoms with E-state index >= 15 is 0 Å². The molecule has 0 radical (unpaired) electrons. The van der Waals surface area contributed by atoms with Crippen molar-refractivity contribution in [2.75, 3.05) is 13.1 Å². The minimum atomic E-state index is -0.0269. The molecule has 1 aliphatic rings. The summed E-state index contributed by atoms with van der Waals surface area (Å²) in [7, 11) is 0. The predicted molar refractivity (Wildman–Crippen MR) is 60.4 cm³/mol. The highest BCUT2D eigenvalue weighted by Crippen LogP contribution is 2.07. The Bertz CT molecular complexity index is 334. The van der Waals surface area contributed by atoms with Gasteiger partial charge in [0.05, 0.1) is 12.5 Å². The molecule has 0 aromatic heterocycles. The summed E-state index contributed by atoms with van der Waals surface area (Å²) >= 11 is 0. The zero-order valence-electron chi connectivity index (χ0n) is 9.11. The van der Waals surface area contributed by atoms with E-state index in [1.54, 1.807) is 0 Å². The van der Waals surface area contributed by atoms with E-state index in [1.165, 1.54) is 0 Å². The highest BCUT2D eigenvalue weighted by molar-refractivity contribution is 5.78. The van der Waals surface area contributed by atoms with Crippen LogP contribution in [0.5, 0.6) is 0 Å². The highest BCUT2D eigenvalue weighted by atomic mass is 16.6. The van der Waals surface area contributed by atoms with Gasteiger partial charge in [0.1, 0.15) is 0 Å². The summed E-state index contributed by atoms with van der Waals surface area (Å²) in [4.78, 5) is 16.7. The molecule has 1 fully saturated rings. The lowest BCUT2D eigenvalue weighted by Crippen LogP contribution is -2.31. The molecule has 0 bridgehead atoms. The largest absolute Gasteiger partial charge is 0.316 e. The third-order valence-electron chi connectivity index (χ3n) is 2.69. The van der Waals surface area contributed by atoms with Gasteiger partial charge in [0.2, 0.25) is 5.91 Å². The molecule has 2 rings (SSSR count). The van der Waals surface area contributed by atoms with Gasteiger partial charge in [-0.1, -0.05) is 30.3 Å². The molecule has 4 nitrogen and oxygen atoms in total. The van der Waals surface area contributed by atoms with Crippen molar-refractivity contribution in [2.24, 2.45) is 5.92 Å². The fraction of sp³-hybridized carbons (Fsp3) is 0.417. The molecular weight excluding hydrogens is 204 g/mol. The van der Waals surface area contributed by atoms with Crippen LogP contribution < -0.4 is 10.8 Å². The maximum Gasteiger partial charge on any atom is 0.247 e. The van der Waals surface area contributed by atoms with E-state index in [0.717, 1.165) is 25.1 Å². The van der Waals surface area contributed by atoms with E-state index in [0.29, 0.717) is 6.61 Å². The lowest BCUT2D eigenvalue weighted by molar-refractivity contribution is -0.138. The molecule has 86 valence electrons. The number of carbonyl (C=O) groups is 1. The van der Waals surface area contributed by atoms with Gasteiger partial charge in [-0.3, -0.25) is 9.63 Å². The number of rotatable bonds is 4. The van der Waals surface area contributed by atoms with Crippen molar-refractivity contribution in [2.45, 2.75) is 13.0 Å². The van der Waals surface area contributed by atoms with Gasteiger partial charge >= 0.3 is 0 Å². The lowest BCUT2D eigenvalue weighted by Gasteiger charge is -2.09. The van der Waals surface area contributed by atoms with Crippen LogP contribution in [0.3, 0.4) is 0 Å². The van der Waals surface area contributed by atoms with Gasteiger partial charge in [0.25, 0.3) is 0 Å². The molecule has 1 amide bonds. The van der Waals surface area contributed by atoms with Crippen molar-refractivity contribution < 1.29 is 9.63 Å². The van der Waals surface area contributed by atoms with Crippen LogP contribution in [0.25, 0.3) is 0 Å². The van der Waals surface area contributed by atoms with Crippen LogP contribution in [0.15, 0.2) is 30.3 Å². The SMILES string of the molecule is O=C(NOCc1ccccc1)C1CCNC1. The second-order valence-electron chi connectivity index (χ2n) is 3.93. The molecule has 0 saturated carbocycles. The summed E-state index contributed by atoms with van der Waals surface area (Å²) in [5.41, 5.74) is 3.54. The van der Waals surface area contributed by atoms with Gasteiger partial charge in [-0.2, -0.15) is 0 Å². The Morgan fingerprint density at radius 1 is 1.44 bits per heavy atom. The molecule has 16 heavy (non-hydrogen) atoms. The highest BCUT2D eigenvalue weighted by Gasteiger charge is 2.22. The fourth-order valence-corrected chi connectivity index (χ4v) is 1.73. The minimum absolute atomic E-state index is 0.0269. The van der Waals surface area contributed by atoms with Gasteiger partial charge in [-0.15, -0.1) is 0 Å². The first-order chi connectivity index (χ1) is 7.86. The monoisotopic (exact) mass is 220 g/mol. The minimum Gasteiger partial charge on any atom is -0.316 e. The Hall–Kier alpha value is -1.39. The molecule has 1 aromatic rings. The first-order valence-corrected chi connectivity index (χ1v) is 5.52. The summed E-state index contributed by atoms with van der Waals surface area (Å²) < 4.78 is 0. The van der Waals surface area contributed by atoms with Gasteiger partial charge in [0, 0.05) is 6.54 Å². The normalized spacial score (nSPS) is 19.6.